The number of hydrogen-bond acceptors (Lipinski definition) is 5. The van der Waals surface area contributed by atoms with Crippen LogP contribution in [0.2, 0.25) is 0 Å². The number of rotatable bonds is 5. The van der Waals surface area contributed by atoms with Crippen molar-refractivity contribution in [2.24, 2.45) is 0 Å². The molecule has 7 heteroatoms. The van der Waals surface area contributed by atoms with E-state index in [0.29, 0.717) is 30.0 Å². The molecule has 0 aliphatic carbocycles. The number of benzene rings is 1. The molecule has 154 valence electrons. The van der Waals surface area contributed by atoms with Crippen LogP contribution < -0.4 is 10.6 Å². The Morgan fingerprint density at radius 1 is 1.34 bits per heavy atom. The summed E-state index contributed by atoms with van der Waals surface area (Å²) >= 11 is 0. The summed E-state index contributed by atoms with van der Waals surface area (Å²) in [4.78, 5) is 18.7. The smallest absolute Gasteiger partial charge is 0.256 e. The van der Waals surface area contributed by atoms with Crippen LogP contribution in [0, 0.1) is 5.82 Å². The lowest BCUT2D eigenvalue weighted by Gasteiger charge is -2.51. The molecular weight excluding hydrogens is 371 g/mol. The normalized spacial score (nSPS) is 20.8. The van der Waals surface area contributed by atoms with E-state index in [1.54, 1.807) is 23.2 Å². The zero-order valence-electron chi connectivity index (χ0n) is 16.6. The molecule has 3 heterocycles. The van der Waals surface area contributed by atoms with Gasteiger partial charge in [-0.15, -0.1) is 0 Å². The minimum absolute atomic E-state index is 0.0292. The number of likely N-dealkylation sites (tertiary alicyclic amines) is 1. The van der Waals surface area contributed by atoms with Gasteiger partial charge in [0.05, 0.1) is 36.2 Å². The maximum Gasteiger partial charge on any atom is 0.256 e. The van der Waals surface area contributed by atoms with Gasteiger partial charge in [0.25, 0.3) is 5.91 Å². The van der Waals surface area contributed by atoms with E-state index in [0.717, 1.165) is 37.8 Å². The van der Waals surface area contributed by atoms with E-state index in [1.807, 2.05) is 13.0 Å². The SMILES string of the molecule is CCc1ccc(Nc2cnccc2C(=O)N2CC(O)(C3CCCCN3)C2)c(F)c1. The molecule has 2 aromatic rings. The first kappa shape index (κ1) is 19.8. The predicted molar refractivity (Wildman–Crippen MR) is 110 cm³/mol. The first-order valence-electron chi connectivity index (χ1n) is 10.2. The first-order valence-corrected chi connectivity index (χ1v) is 10.2. The lowest BCUT2D eigenvalue weighted by molar-refractivity contribution is -0.108. The third-order valence-corrected chi connectivity index (χ3v) is 5.94. The van der Waals surface area contributed by atoms with Crippen LogP contribution in [-0.4, -0.2) is 52.2 Å². The molecule has 1 amide bonds. The fourth-order valence-electron chi connectivity index (χ4n) is 4.17. The molecule has 0 spiro atoms. The molecule has 2 fully saturated rings. The Hall–Kier alpha value is -2.51. The summed E-state index contributed by atoms with van der Waals surface area (Å²) in [5.41, 5.74) is 1.20. The summed E-state index contributed by atoms with van der Waals surface area (Å²) in [6, 6.07) is 6.68. The number of aliphatic hydroxyl groups is 1. The molecule has 2 aliphatic heterocycles. The van der Waals surface area contributed by atoms with Crippen molar-refractivity contribution in [1.82, 2.24) is 15.2 Å². The van der Waals surface area contributed by atoms with Crippen LogP contribution in [0.3, 0.4) is 0 Å². The number of nitrogens with one attached hydrogen (secondary N) is 2. The van der Waals surface area contributed by atoms with Crippen LogP contribution in [-0.2, 0) is 6.42 Å². The predicted octanol–water partition coefficient (Wildman–Crippen LogP) is 2.86. The maximum atomic E-state index is 14.4. The molecule has 29 heavy (non-hydrogen) atoms. The molecular formula is C22H27FN4O2. The zero-order valence-corrected chi connectivity index (χ0v) is 16.6. The standard InChI is InChI=1S/C22H27FN4O2/c1-2-15-6-7-18(17(23)11-15)26-19-12-24-10-8-16(19)21(28)27-13-22(29,14-27)20-5-3-4-9-25-20/h6-8,10-12,20,25-26,29H,2-5,9,13-14H2,1H3. The quantitative estimate of drug-likeness (QED) is 0.722. The molecule has 1 aromatic carbocycles. The van der Waals surface area contributed by atoms with Crippen molar-refractivity contribution in [3.05, 3.63) is 53.6 Å². The summed E-state index contributed by atoms with van der Waals surface area (Å²) < 4.78 is 14.4. The fourth-order valence-corrected chi connectivity index (χ4v) is 4.17. The molecule has 1 unspecified atom stereocenters. The highest BCUT2D eigenvalue weighted by Crippen LogP contribution is 2.32. The van der Waals surface area contributed by atoms with Gasteiger partial charge >= 0.3 is 0 Å². The highest BCUT2D eigenvalue weighted by atomic mass is 19.1. The van der Waals surface area contributed by atoms with Crippen LogP contribution in [0.1, 0.15) is 42.1 Å². The van der Waals surface area contributed by atoms with Crippen molar-refractivity contribution in [2.75, 3.05) is 25.0 Å². The third kappa shape index (κ3) is 3.97. The number of pyridine rings is 1. The van der Waals surface area contributed by atoms with Crippen molar-refractivity contribution >= 4 is 17.3 Å². The van der Waals surface area contributed by atoms with Gasteiger partial charge in [0.15, 0.2) is 0 Å². The van der Waals surface area contributed by atoms with E-state index in [1.165, 1.54) is 12.3 Å². The molecule has 3 N–H and O–H groups in total. The van der Waals surface area contributed by atoms with Crippen LogP contribution >= 0.6 is 0 Å². The Balaban J connectivity index is 1.48. The summed E-state index contributed by atoms with van der Waals surface area (Å²) in [6.07, 6.45) is 6.96. The van der Waals surface area contributed by atoms with Gasteiger partial charge in [0.2, 0.25) is 0 Å². The molecule has 2 aliphatic rings. The highest BCUT2D eigenvalue weighted by molar-refractivity contribution is 6.00. The lowest BCUT2D eigenvalue weighted by atomic mass is 9.81. The van der Waals surface area contributed by atoms with Gasteiger partial charge in [-0.1, -0.05) is 19.4 Å². The number of piperidine rings is 1. The minimum atomic E-state index is -0.876. The summed E-state index contributed by atoms with van der Waals surface area (Å²) in [7, 11) is 0. The molecule has 0 bridgehead atoms. The number of halogens is 1. The van der Waals surface area contributed by atoms with E-state index in [4.69, 9.17) is 0 Å². The Bertz CT molecular complexity index is 892. The largest absolute Gasteiger partial charge is 0.385 e. The highest BCUT2D eigenvalue weighted by Gasteiger charge is 2.49. The van der Waals surface area contributed by atoms with Gasteiger partial charge in [-0.05, 0) is 49.6 Å². The Morgan fingerprint density at radius 3 is 2.86 bits per heavy atom. The number of amides is 1. The molecule has 2 saturated heterocycles. The second kappa shape index (κ2) is 8.08. The Morgan fingerprint density at radius 2 is 2.17 bits per heavy atom. The second-order valence-electron chi connectivity index (χ2n) is 7.98. The summed E-state index contributed by atoms with van der Waals surface area (Å²) in [6.45, 7) is 3.47. The molecule has 1 atom stereocenters. The lowest BCUT2D eigenvalue weighted by Crippen LogP contribution is -2.72. The average Bonchev–Trinajstić information content (AvgIpc) is 2.73. The van der Waals surface area contributed by atoms with Gasteiger partial charge in [-0.2, -0.15) is 0 Å². The van der Waals surface area contributed by atoms with E-state index in [2.05, 4.69) is 15.6 Å². The number of nitrogens with zero attached hydrogens (tertiary/aromatic N) is 2. The Kier molecular flexibility index (Phi) is 5.52. The van der Waals surface area contributed by atoms with Gasteiger partial charge < -0.3 is 20.6 Å². The van der Waals surface area contributed by atoms with Gasteiger partial charge in [0.1, 0.15) is 11.4 Å². The number of β-amino-alcohol motifs (C(OH)–C–C–N with tert-alkyl or cyclic N) is 1. The van der Waals surface area contributed by atoms with E-state index < -0.39 is 5.60 Å². The number of anilines is 2. The van der Waals surface area contributed by atoms with Crippen LogP contribution in [0.15, 0.2) is 36.7 Å². The number of carbonyl (C=O) groups excluding carboxylic acids is 1. The van der Waals surface area contributed by atoms with Crippen molar-refractivity contribution in [1.29, 1.82) is 0 Å². The van der Waals surface area contributed by atoms with Crippen molar-refractivity contribution in [2.45, 2.75) is 44.2 Å². The summed E-state index contributed by atoms with van der Waals surface area (Å²) in [5, 5.41) is 17.2. The average molecular weight is 398 g/mol. The molecule has 0 radical (unpaired) electrons. The number of aryl methyl sites for hydroxylation is 1. The molecule has 1 aromatic heterocycles. The van der Waals surface area contributed by atoms with E-state index in [9.17, 15) is 14.3 Å². The monoisotopic (exact) mass is 398 g/mol. The minimum Gasteiger partial charge on any atom is -0.385 e. The van der Waals surface area contributed by atoms with Gasteiger partial charge in [0, 0.05) is 12.2 Å². The fraction of sp³-hybridized carbons (Fsp3) is 0.455. The van der Waals surface area contributed by atoms with Crippen LogP contribution in [0.4, 0.5) is 15.8 Å². The topological polar surface area (TPSA) is 77.5 Å². The first-order chi connectivity index (χ1) is 14.0. The summed E-state index contributed by atoms with van der Waals surface area (Å²) in [5.74, 6) is -0.561. The van der Waals surface area contributed by atoms with Crippen molar-refractivity contribution in [3.63, 3.8) is 0 Å². The Labute approximate surface area is 170 Å². The number of carbonyl (C=O) groups is 1. The van der Waals surface area contributed by atoms with Crippen molar-refractivity contribution in [3.8, 4) is 0 Å². The van der Waals surface area contributed by atoms with Crippen LogP contribution in [0.5, 0.6) is 0 Å². The van der Waals surface area contributed by atoms with Gasteiger partial charge in [-0.25, -0.2) is 4.39 Å². The second-order valence-corrected chi connectivity index (χ2v) is 7.98. The number of hydrogen-bond donors (Lipinski definition) is 3. The van der Waals surface area contributed by atoms with Crippen LogP contribution in [0.25, 0.3) is 0 Å². The molecule has 4 rings (SSSR count). The number of aromatic nitrogens is 1. The van der Waals surface area contributed by atoms with E-state index in [-0.39, 0.29) is 17.8 Å². The maximum absolute atomic E-state index is 14.4. The zero-order chi connectivity index (χ0) is 20.4. The van der Waals surface area contributed by atoms with Crippen molar-refractivity contribution < 1.29 is 14.3 Å². The van der Waals surface area contributed by atoms with Gasteiger partial charge in [-0.3, -0.25) is 9.78 Å². The molecule has 0 saturated carbocycles. The molecule has 6 nitrogen and oxygen atoms in total. The third-order valence-electron chi connectivity index (χ3n) is 5.94. The van der Waals surface area contributed by atoms with E-state index >= 15 is 0 Å².